The monoisotopic (exact) mass is 241 g/mol. The van der Waals surface area contributed by atoms with E-state index in [1.54, 1.807) is 18.0 Å². The predicted molar refractivity (Wildman–Crippen MR) is 63.8 cm³/mol. The third-order valence-electron chi connectivity index (χ3n) is 3.39. The molecule has 2 N–H and O–H groups in total. The molecule has 0 aliphatic heterocycles. The van der Waals surface area contributed by atoms with Gasteiger partial charge in [-0.2, -0.15) is 5.10 Å². The molecule has 0 bridgehead atoms. The Balaban J connectivity index is 2.45. The lowest BCUT2D eigenvalue weighted by molar-refractivity contribution is 0.149. The fourth-order valence-corrected chi connectivity index (χ4v) is 2.56. The van der Waals surface area contributed by atoms with Crippen LogP contribution in [0.5, 0.6) is 5.75 Å². The van der Waals surface area contributed by atoms with Crippen LogP contribution < -0.4 is 10.5 Å². The summed E-state index contributed by atoms with van der Waals surface area (Å²) in [6.07, 6.45) is 3.09. The number of methoxy groups -OCH3 is 1. The normalized spacial score (nSPS) is 28.9. The molecule has 1 heterocycles. The molecule has 17 heavy (non-hydrogen) atoms. The molecule has 1 aromatic rings. The quantitative estimate of drug-likeness (QED) is 0.882. The van der Waals surface area contributed by atoms with Crippen LogP contribution in [0, 0.1) is 0 Å². The minimum atomic E-state index is -1.40. The molecule has 4 nitrogen and oxygen atoms in total. The Hall–Kier alpha value is -1.10. The summed E-state index contributed by atoms with van der Waals surface area (Å²) < 4.78 is 21.9. The van der Waals surface area contributed by atoms with Crippen LogP contribution in [0.4, 0.5) is 4.39 Å². The van der Waals surface area contributed by atoms with Gasteiger partial charge in [0.05, 0.1) is 13.3 Å². The van der Waals surface area contributed by atoms with E-state index in [2.05, 4.69) is 5.10 Å². The summed E-state index contributed by atoms with van der Waals surface area (Å²) in [5, 5.41) is 4.21. The summed E-state index contributed by atoms with van der Waals surface area (Å²) in [4.78, 5) is 0. The van der Waals surface area contributed by atoms with Crippen LogP contribution in [-0.2, 0) is 5.67 Å². The van der Waals surface area contributed by atoms with Gasteiger partial charge < -0.3 is 10.5 Å². The second kappa shape index (κ2) is 4.29. The topological polar surface area (TPSA) is 53.1 Å². The van der Waals surface area contributed by atoms with Gasteiger partial charge in [0.2, 0.25) is 0 Å². The van der Waals surface area contributed by atoms with Crippen molar-refractivity contribution in [3.63, 3.8) is 0 Å². The number of hydrogen-bond donors (Lipinski definition) is 1. The van der Waals surface area contributed by atoms with Crippen molar-refractivity contribution in [1.82, 2.24) is 9.78 Å². The van der Waals surface area contributed by atoms with Crippen molar-refractivity contribution < 1.29 is 9.13 Å². The highest BCUT2D eigenvalue weighted by atomic mass is 19.1. The van der Waals surface area contributed by atoms with Gasteiger partial charge in [-0.15, -0.1) is 0 Å². The molecule has 1 saturated carbocycles. The number of ether oxygens (including phenoxy) is 1. The van der Waals surface area contributed by atoms with Crippen LogP contribution in [-0.4, -0.2) is 22.9 Å². The molecule has 0 aromatic carbocycles. The molecule has 0 saturated heterocycles. The van der Waals surface area contributed by atoms with E-state index >= 15 is 0 Å². The summed E-state index contributed by atoms with van der Waals surface area (Å²) in [7, 11) is 1.55. The van der Waals surface area contributed by atoms with E-state index in [9.17, 15) is 4.39 Å². The van der Waals surface area contributed by atoms with E-state index in [0.29, 0.717) is 30.7 Å². The van der Waals surface area contributed by atoms with Crippen molar-refractivity contribution in [2.24, 2.45) is 5.73 Å². The first kappa shape index (κ1) is 12.4. The van der Waals surface area contributed by atoms with Crippen LogP contribution in [0.3, 0.4) is 0 Å². The summed E-state index contributed by atoms with van der Waals surface area (Å²) in [5.41, 5.74) is 4.97. The van der Waals surface area contributed by atoms with Crippen molar-refractivity contribution >= 4 is 0 Å². The Kier molecular flexibility index (Phi) is 3.12. The number of aromatic nitrogens is 2. The zero-order valence-corrected chi connectivity index (χ0v) is 10.6. The van der Waals surface area contributed by atoms with Crippen LogP contribution in [0.2, 0.25) is 0 Å². The Bertz CT molecular complexity index is 404. The standard InChI is InChI=1S/C12H20FN3O/c1-8(2)16-11(10(17-3)7-15-16)12(13)5-4-9(14)6-12/h7-9H,4-6,14H2,1-3H3. The second-order valence-electron chi connectivity index (χ2n) is 5.07. The van der Waals surface area contributed by atoms with Crippen LogP contribution in [0.25, 0.3) is 0 Å². The lowest BCUT2D eigenvalue weighted by Crippen LogP contribution is -2.26. The van der Waals surface area contributed by atoms with Crippen LogP contribution in [0.15, 0.2) is 6.20 Å². The minimum Gasteiger partial charge on any atom is -0.493 e. The molecule has 5 heteroatoms. The van der Waals surface area contributed by atoms with Crippen LogP contribution >= 0.6 is 0 Å². The Morgan fingerprint density at radius 3 is 2.82 bits per heavy atom. The fourth-order valence-electron chi connectivity index (χ4n) is 2.56. The summed E-state index contributed by atoms with van der Waals surface area (Å²) in [6.45, 7) is 3.96. The molecule has 1 aromatic heterocycles. The highest BCUT2D eigenvalue weighted by Crippen LogP contribution is 2.46. The van der Waals surface area contributed by atoms with E-state index in [1.807, 2.05) is 13.8 Å². The molecule has 1 aliphatic rings. The summed E-state index contributed by atoms with van der Waals surface area (Å²) >= 11 is 0. The minimum absolute atomic E-state index is 0.0692. The third-order valence-corrected chi connectivity index (χ3v) is 3.39. The molecule has 2 unspecified atom stereocenters. The molecule has 1 fully saturated rings. The number of halogens is 1. The van der Waals surface area contributed by atoms with E-state index in [1.165, 1.54) is 0 Å². The Morgan fingerprint density at radius 1 is 1.65 bits per heavy atom. The average molecular weight is 241 g/mol. The highest BCUT2D eigenvalue weighted by molar-refractivity contribution is 5.32. The average Bonchev–Trinajstić information content (AvgIpc) is 2.82. The number of rotatable bonds is 3. The zero-order chi connectivity index (χ0) is 12.6. The number of nitrogens with two attached hydrogens (primary N) is 1. The molecule has 0 radical (unpaired) electrons. The first-order valence-electron chi connectivity index (χ1n) is 6.04. The summed E-state index contributed by atoms with van der Waals surface area (Å²) in [6, 6.07) is 0.0403. The SMILES string of the molecule is COc1cnn(C(C)C)c1C1(F)CCC(N)C1. The fraction of sp³-hybridized carbons (Fsp3) is 0.750. The molecule has 0 amide bonds. The number of hydrogen-bond acceptors (Lipinski definition) is 3. The molecular weight excluding hydrogens is 221 g/mol. The lowest BCUT2D eigenvalue weighted by Gasteiger charge is -2.23. The Labute approximate surface area is 101 Å². The van der Waals surface area contributed by atoms with Crippen molar-refractivity contribution in [1.29, 1.82) is 0 Å². The van der Waals surface area contributed by atoms with Crippen molar-refractivity contribution in [2.45, 2.75) is 50.9 Å². The summed E-state index contributed by atoms with van der Waals surface area (Å²) in [5.74, 6) is 0.523. The van der Waals surface area contributed by atoms with Gasteiger partial charge in [-0.05, 0) is 26.7 Å². The van der Waals surface area contributed by atoms with Crippen molar-refractivity contribution in [2.75, 3.05) is 7.11 Å². The van der Waals surface area contributed by atoms with Gasteiger partial charge in [-0.25, -0.2) is 4.39 Å². The van der Waals surface area contributed by atoms with Gasteiger partial charge in [0.25, 0.3) is 0 Å². The van der Waals surface area contributed by atoms with Gasteiger partial charge in [-0.1, -0.05) is 0 Å². The Morgan fingerprint density at radius 2 is 2.35 bits per heavy atom. The molecule has 96 valence electrons. The van der Waals surface area contributed by atoms with Gasteiger partial charge in [-0.3, -0.25) is 4.68 Å². The molecule has 2 atom stereocenters. The third kappa shape index (κ3) is 2.04. The predicted octanol–water partition coefficient (Wildman–Crippen LogP) is 2.15. The first-order valence-corrected chi connectivity index (χ1v) is 6.04. The zero-order valence-electron chi connectivity index (χ0n) is 10.6. The number of alkyl halides is 1. The van der Waals surface area contributed by atoms with Gasteiger partial charge in [0.1, 0.15) is 5.69 Å². The van der Waals surface area contributed by atoms with E-state index in [4.69, 9.17) is 10.5 Å². The second-order valence-corrected chi connectivity index (χ2v) is 5.07. The maximum Gasteiger partial charge on any atom is 0.163 e. The van der Waals surface area contributed by atoms with Gasteiger partial charge in [0.15, 0.2) is 11.4 Å². The molecular formula is C12H20FN3O. The molecule has 1 aliphatic carbocycles. The maximum absolute atomic E-state index is 15.0. The van der Waals surface area contributed by atoms with E-state index in [0.717, 1.165) is 0 Å². The van der Waals surface area contributed by atoms with Crippen LogP contribution in [0.1, 0.15) is 44.8 Å². The smallest absolute Gasteiger partial charge is 0.163 e. The highest BCUT2D eigenvalue weighted by Gasteiger charge is 2.44. The number of nitrogens with zero attached hydrogens (tertiary/aromatic N) is 2. The van der Waals surface area contributed by atoms with Crippen molar-refractivity contribution in [3.8, 4) is 5.75 Å². The molecule has 0 spiro atoms. The maximum atomic E-state index is 15.0. The van der Waals surface area contributed by atoms with Crippen molar-refractivity contribution in [3.05, 3.63) is 11.9 Å². The van der Waals surface area contributed by atoms with Gasteiger partial charge >= 0.3 is 0 Å². The molecule has 2 rings (SSSR count). The lowest BCUT2D eigenvalue weighted by atomic mass is 9.98. The first-order chi connectivity index (χ1) is 7.98. The van der Waals surface area contributed by atoms with Gasteiger partial charge in [0, 0.05) is 18.5 Å². The van der Waals surface area contributed by atoms with E-state index in [-0.39, 0.29) is 12.1 Å². The largest absolute Gasteiger partial charge is 0.493 e. The van der Waals surface area contributed by atoms with E-state index < -0.39 is 5.67 Å².